The number of nitrogens with zero attached hydrogens (tertiary/aromatic N) is 1. The Morgan fingerprint density at radius 1 is 1.00 bits per heavy atom. The Balaban J connectivity index is 2.39. The van der Waals surface area contributed by atoms with Crippen molar-refractivity contribution in [2.24, 2.45) is 0 Å². The van der Waals surface area contributed by atoms with E-state index in [0.29, 0.717) is 15.7 Å². The first kappa shape index (κ1) is 21.1. The van der Waals surface area contributed by atoms with Gasteiger partial charge in [0.1, 0.15) is 6.04 Å². The van der Waals surface area contributed by atoms with Crippen LogP contribution in [-0.4, -0.2) is 26.6 Å². The number of halogens is 4. The van der Waals surface area contributed by atoms with Gasteiger partial charge < -0.3 is 5.32 Å². The van der Waals surface area contributed by atoms with E-state index in [0.717, 1.165) is 10.6 Å². The average molecular weight is 456 g/mol. The molecule has 26 heavy (non-hydrogen) atoms. The van der Waals surface area contributed by atoms with Gasteiger partial charge in [0.05, 0.1) is 17.0 Å². The van der Waals surface area contributed by atoms with Crippen molar-refractivity contribution >= 4 is 73.7 Å². The van der Waals surface area contributed by atoms with Crippen LogP contribution in [-0.2, 0) is 14.8 Å². The highest BCUT2D eigenvalue weighted by atomic mass is 35.5. The molecule has 0 spiro atoms. The molecule has 0 unspecified atom stereocenters. The number of nitrogens with one attached hydrogen (secondary N) is 1. The van der Waals surface area contributed by atoms with E-state index in [-0.39, 0.29) is 15.7 Å². The Labute approximate surface area is 171 Å². The summed E-state index contributed by atoms with van der Waals surface area (Å²) in [5.41, 5.74) is 0.443. The number of amides is 1. The van der Waals surface area contributed by atoms with E-state index >= 15 is 0 Å². The summed E-state index contributed by atoms with van der Waals surface area (Å²) < 4.78 is 25.5. The predicted octanol–water partition coefficient (Wildman–Crippen LogP) is 5.09. The lowest BCUT2D eigenvalue weighted by Crippen LogP contribution is -2.45. The van der Waals surface area contributed by atoms with Crippen LogP contribution in [0, 0.1) is 0 Å². The van der Waals surface area contributed by atoms with Gasteiger partial charge in [0.2, 0.25) is 15.9 Å². The minimum Gasteiger partial charge on any atom is -0.324 e. The van der Waals surface area contributed by atoms with Crippen LogP contribution < -0.4 is 9.62 Å². The maximum Gasteiger partial charge on any atom is 0.247 e. The second-order valence-electron chi connectivity index (χ2n) is 5.48. The molecule has 2 aromatic carbocycles. The first-order valence-electron chi connectivity index (χ1n) is 7.20. The lowest BCUT2D eigenvalue weighted by atomic mass is 10.2. The molecule has 0 radical (unpaired) electrons. The highest BCUT2D eigenvalue weighted by Gasteiger charge is 2.31. The summed E-state index contributed by atoms with van der Waals surface area (Å²) in [5, 5.41) is 3.68. The zero-order chi connectivity index (χ0) is 19.6. The third-order valence-corrected chi connectivity index (χ3v) is 5.58. The molecule has 0 saturated carbocycles. The van der Waals surface area contributed by atoms with Gasteiger partial charge in [-0.25, -0.2) is 8.42 Å². The fourth-order valence-corrected chi connectivity index (χ4v) is 4.44. The van der Waals surface area contributed by atoms with E-state index in [2.05, 4.69) is 5.32 Å². The van der Waals surface area contributed by atoms with Crippen LogP contribution in [0.15, 0.2) is 36.4 Å². The van der Waals surface area contributed by atoms with E-state index in [1.165, 1.54) is 43.3 Å². The van der Waals surface area contributed by atoms with Gasteiger partial charge >= 0.3 is 0 Å². The molecular weight excluding hydrogens is 442 g/mol. The van der Waals surface area contributed by atoms with Gasteiger partial charge in [-0.15, -0.1) is 0 Å². The van der Waals surface area contributed by atoms with Gasteiger partial charge in [0.25, 0.3) is 0 Å². The second-order valence-corrected chi connectivity index (χ2v) is 9.05. The van der Waals surface area contributed by atoms with Gasteiger partial charge in [0, 0.05) is 20.8 Å². The third-order valence-electron chi connectivity index (χ3n) is 3.36. The Morgan fingerprint density at radius 3 is 2.12 bits per heavy atom. The van der Waals surface area contributed by atoms with Gasteiger partial charge in [-0.2, -0.15) is 0 Å². The second kappa shape index (κ2) is 8.23. The van der Waals surface area contributed by atoms with Gasteiger partial charge in [-0.3, -0.25) is 9.10 Å². The number of carbonyl (C=O) groups is 1. The molecule has 0 aliphatic carbocycles. The molecule has 2 aromatic rings. The summed E-state index contributed by atoms with van der Waals surface area (Å²) in [6.07, 6.45) is 0.976. The van der Waals surface area contributed by atoms with Crippen LogP contribution in [0.2, 0.25) is 20.1 Å². The largest absolute Gasteiger partial charge is 0.324 e. The van der Waals surface area contributed by atoms with Gasteiger partial charge in [-0.05, 0) is 43.3 Å². The number of hydrogen-bond acceptors (Lipinski definition) is 3. The molecule has 0 bridgehead atoms. The number of benzene rings is 2. The number of sulfonamides is 1. The average Bonchev–Trinajstić information content (AvgIpc) is 2.48. The van der Waals surface area contributed by atoms with Crippen LogP contribution in [0.5, 0.6) is 0 Å². The third kappa shape index (κ3) is 5.18. The summed E-state index contributed by atoms with van der Waals surface area (Å²) in [4.78, 5) is 12.6. The Bertz CT molecular complexity index is 930. The SMILES string of the molecule is C[C@H](C(=O)Nc1cc(Cl)cc(Cl)c1)N(c1cc(Cl)ccc1Cl)S(C)(=O)=O. The number of rotatable bonds is 5. The van der Waals surface area contributed by atoms with Crippen molar-refractivity contribution in [1.29, 1.82) is 0 Å². The standard InChI is InChI=1S/C16H14Cl4N2O3S/c1-9(16(23)21-13-6-11(18)5-12(19)7-13)22(26(2,24)25)15-8-10(17)3-4-14(15)20/h3-9H,1-2H3,(H,21,23)/t9-/m1/s1. The van der Waals surface area contributed by atoms with Crippen molar-refractivity contribution < 1.29 is 13.2 Å². The Kier molecular flexibility index (Phi) is 6.69. The van der Waals surface area contributed by atoms with Crippen molar-refractivity contribution in [2.45, 2.75) is 13.0 Å². The molecule has 0 fully saturated rings. The lowest BCUT2D eigenvalue weighted by molar-refractivity contribution is -0.116. The molecule has 140 valence electrons. The summed E-state index contributed by atoms with van der Waals surface area (Å²) in [7, 11) is -3.83. The highest BCUT2D eigenvalue weighted by molar-refractivity contribution is 7.92. The minimum atomic E-state index is -3.83. The normalized spacial score (nSPS) is 12.5. The molecule has 5 nitrogen and oxygen atoms in total. The van der Waals surface area contributed by atoms with E-state index in [4.69, 9.17) is 46.4 Å². The molecule has 0 aliphatic rings. The molecule has 0 saturated heterocycles. The number of anilines is 2. The van der Waals surface area contributed by atoms with Crippen LogP contribution in [0.3, 0.4) is 0 Å². The smallest absolute Gasteiger partial charge is 0.247 e. The van der Waals surface area contributed by atoms with Crippen LogP contribution >= 0.6 is 46.4 Å². The van der Waals surface area contributed by atoms with Crippen LogP contribution in [0.1, 0.15) is 6.92 Å². The van der Waals surface area contributed by atoms with Crippen molar-refractivity contribution in [1.82, 2.24) is 0 Å². The van der Waals surface area contributed by atoms with E-state index < -0.39 is 22.0 Å². The predicted molar refractivity (Wildman–Crippen MR) is 108 cm³/mol. The minimum absolute atomic E-state index is 0.105. The summed E-state index contributed by atoms with van der Waals surface area (Å²) in [6.45, 7) is 1.43. The Hall–Kier alpha value is -1.18. The van der Waals surface area contributed by atoms with E-state index in [1.807, 2.05) is 0 Å². The lowest BCUT2D eigenvalue weighted by Gasteiger charge is -2.29. The summed E-state index contributed by atoms with van der Waals surface area (Å²) in [6, 6.07) is 7.75. The molecule has 1 atom stereocenters. The molecule has 0 heterocycles. The van der Waals surface area contributed by atoms with Crippen molar-refractivity contribution in [3.05, 3.63) is 56.5 Å². The van der Waals surface area contributed by atoms with Crippen molar-refractivity contribution in [2.75, 3.05) is 15.9 Å². The molecular formula is C16H14Cl4N2O3S. The van der Waals surface area contributed by atoms with E-state index in [9.17, 15) is 13.2 Å². The van der Waals surface area contributed by atoms with Gasteiger partial charge in [0.15, 0.2) is 0 Å². The first-order valence-corrected chi connectivity index (χ1v) is 10.6. The molecule has 2 rings (SSSR count). The molecule has 10 heteroatoms. The summed E-state index contributed by atoms with van der Waals surface area (Å²) in [5.74, 6) is -0.593. The van der Waals surface area contributed by atoms with Crippen molar-refractivity contribution in [3.8, 4) is 0 Å². The molecule has 1 N–H and O–H groups in total. The zero-order valence-electron chi connectivity index (χ0n) is 13.6. The van der Waals surface area contributed by atoms with Crippen molar-refractivity contribution in [3.63, 3.8) is 0 Å². The maximum absolute atomic E-state index is 12.6. The van der Waals surface area contributed by atoms with E-state index in [1.54, 1.807) is 0 Å². The molecule has 1 amide bonds. The van der Waals surface area contributed by atoms with Gasteiger partial charge in [-0.1, -0.05) is 46.4 Å². The highest BCUT2D eigenvalue weighted by Crippen LogP contribution is 2.32. The number of carbonyl (C=O) groups excluding carboxylic acids is 1. The topological polar surface area (TPSA) is 66.5 Å². The molecule has 0 aromatic heterocycles. The number of hydrogen-bond donors (Lipinski definition) is 1. The van der Waals surface area contributed by atoms with Crippen LogP contribution in [0.4, 0.5) is 11.4 Å². The fourth-order valence-electron chi connectivity index (χ4n) is 2.31. The first-order chi connectivity index (χ1) is 12.0. The fraction of sp³-hybridized carbons (Fsp3) is 0.188. The maximum atomic E-state index is 12.6. The molecule has 0 aliphatic heterocycles. The Morgan fingerprint density at radius 2 is 1.58 bits per heavy atom. The quantitative estimate of drug-likeness (QED) is 0.682. The van der Waals surface area contributed by atoms with Crippen LogP contribution in [0.25, 0.3) is 0 Å². The summed E-state index contributed by atoms with van der Waals surface area (Å²) >= 11 is 23.9. The monoisotopic (exact) mass is 454 g/mol. The zero-order valence-corrected chi connectivity index (χ0v) is 17.5.